The van der Waals surface area contributed by atoms with Gasteiger partial charge in [-0.1, -0.05) is 36.7 Å². The second-order valence-electron chi connectivity index (χ2n) is 3.88. The van der Waals surface area contributed by atoms with Crippen LogP contribution in [0.25, 0.3) is 0 Å². The number of cyclic esters (lactones) is 1. The van der Waals surface area contributed by atoms with Gasteiger partial charge in [-0.2, -0.15) is 0 Å². The first-order valence-corrected chi connectivity index (χ1v) is 4.90. The molecule has 2 nitrogen and oxygen atoms in total. The first-order valence-electron chi connectivity index (χ1n) is 4.52. The van der Waals surface area contributed by atoms with E-state index < -0.39 is 0 Å². The van der Waals surface area contributed by atoms with Crippen molar-refractivity contribution in [3.63, 3.8) is 0 Å². The van der Waals surface area contributed by atoms with Crippen molar-refractivity contribution in [3.05, 3.63) is 34.9 Å². The van der Waals surface area contributed by atoms with E-state index in [1.54, 1.807) is 0 Å². The van der Waals surface area contributed by atoms with Gasteiger partial charge in [-0.3, -0.25) is 4.79 Å². The zero-order valence-electron chi connectivity index (χ0n) is 7.92. The number of ether oxygens (including phenoxy) is 1. The summed E-state index contributed by atoms with van der Waals surface area (Å²) in [4.78, 5) is 11.1. The molecule has 1 aromatic rings. The largest absolute Gasteiger partial charge is 0.465 e. The molecule has 0 radical (unpaired) electrons. The van der Waals surface area contributed by atoms with Crippen LogP contribution in [0.4, 0.5) is 0 Å². The van der Waals surface area contributed by atoms with Gasteiger partial charge in [-0.05, 0) is 11.6 Å². The highest BCUT2D eigenvalue weighted by Gasteiger charge is 2.38. The number of benzene rings is 1. The number of carbonyl (C=O) groups is 1. The Balaban J connectivity index is 2.40. The summed E-state index contributed by atoms with van der Waals surface area (Å²) in [5.41, 5.74) is 0.739. The monoisotopic (exact) mass is 210 g/mol. The molecule has 0 N–H and O–H groups in total. The van der Waals surface area contributed by atoms with Crippen LogP contribution in [0.5, 0.6) is 0 Å². The fraction of sp³-hybridized carbons (Fsp3) is 0.364. The lowest BCUT2D eigenvalue weighted by Crippen LogP contribution is -2.22. The first-order chi connectivity index (χ1) is 6.62. The van der Waals surface area contributed by atoms with Crippen LogP contribution >= 0.6 is 11.6 Å². The molecule has 2 rings (SSSR count). The molecule has 1 atom stereocenters. The Labute approximate surface area is 87.8 Å². The molecule has 1 aliphatic heterocycles. The normalized spacial score (nSPS) is 26.3. The predicted octanol–water partition coefficient (Wildman–Crippen LogP) is 2.54. The zero-order chi connectivity index (χ0) is 10.2. The van der Waals surface area contributed by atoms with Gasteiger partial charge in [0.15, 0.2) is 0 Å². The Morgan fingerprint density at radius 2 is 2.14 bits per heavy atom. The minimum absolute atomic E-state index is 0.146. The molecule has 1 fully saturated rings. The Hall–Kier alpha value is -1.02. The first kappa shape index (κ1) is 9.53. The summed E-state index contributed by atoms with van der Waals surface area (Å²) in [6.07, 6.45) is 0.413. The standard InChI is InChI=1S/C11H11ClO2/c1-11(6-10(13)14-7-11)8-4-2-3-5-9(8)12/h2-5H,6-7H2,1H3. The van der Waals surface area contributed by atoms with Gasteiger partial charge in [0, 0.05) is 10.4 Å². The maximum Gasteiger partial charge on any atom is 0.306 e. The Morgan fingerprint density at radius 1 is 1.43 bits per heavy atom. The van der Waals surface area contributed by atoms with Crippen molar-refractivity contribution in [2.45, 2.75) is 18.8 Å². The Bertz CT molecular complexity index is 375. The van der Waals surface area contributed by atoms with Crippen LogP contribution in [0.3, 0.4) is 0 Å². The second-order valence-corrected chi connectivity index (χ2v) is 4.29. The van der Waals surface area contributed by atoms with E-state index in [-0.39, 0.29) is 11.4 Å². The van der Waals surface area contributed by atoms with Gasteiger partial charge in [0.2, 0.25) is 0 Å². The van der Waals surface area contributed by atoms with Crippen LogP contribution in [-0.2, 0) is 14.9 Å². The highest BCUT2D eigenvalue weighted by atomic mass is 35.5. The molecule has 1 aliphatic rings. The molecule has 1 saturated heterocycles. The molecular formula is C11H11ClO2. The van der Waals surface area contributed by atoms with Crippen LogP contribution in [-0.4, -0.2) is 12.6 Å². The van der Waals surface area contributed by atoms with Crippen LogP contribution in [0.1, 0.15) is 18.9 Å². The van der Waals surface area contributed by atoms with Crippen molar-refractivity contribution >= 4 is 17.6 Å². The number of rotatable bonds is 1. The van der Waals surface area contributed by atoms with Crippen molar-refractivity contribution in [1.29, 1.82) is 0 Å². The third kappa shape index (κ3) is 1.50. The number of carbonyl (C=O) groups excluding carboxylic acids is 1. The molecule has 0 amide bonds. The summed E-state index contributed by atoms with van der Waals surface area (Å²) in [7, 11) is 0. The molecule has 1 heterocycles. The second kappa shape index (κ2) is 3.28. The smallest absolute Gasteiger partial charge is 0.306 e. The Morgan fingerprint density at radius 3 is 2.71 bits per heavy atom. The van der Waals surface area contributed by atoms with Crippen molar-refractivity contribution in [2.75, 3.05) is 6.61 Å². The van der Waals surface area contributed by atoms with E-state index >= 15 is 0 Å². The van der Waals surface area contributed by atoms with E-state index in [0.717, 1.165) is 5.56 Å². The third-order valence-electron chi connectivity index (χ3n) is 2.61. The van der Waals surface area contributed by atoms with Crippen molar-refractivity contribution < 1.29 is 9.53 Å². The van der Waals surface area contributed by atoms with E-state index in [9.17, 15) is 4.79 Å². The van der Waals surface area contributed by atoms with Crippen LogP contribution in [0.15, 0.2) is 24.3 Å². The number of hydrogen-bond donors (Lipinski definition) is 0. The van der Waals surface area contributed by atoms with Gasteiger partial charge >= 0.3 is 5.97 Å². The van der Waals surface area contributed by atoms with Gasteiger partial charge < -0.3 is 4.74 Å². The van der Waals surface area contributed by atoms with Crippen molar-refractivity contribution in [3.8, 4) is 0 Å². The number of hydrogen-bond acceptors (Lipinski definition) is 2. The molecule has 0 bridgehead atoms. The molecule has 1 unspecified atom stereocenters. The molecule has 0 aliphatic carbocycles. The van der Waals surface area contributed by atoms with Crippen LogP contribution < -0.4 is 0 Å². The van der Waals surface area contributed by atoms with Crippen LogP contribution in [0, 0.1) is 0 Å². The lowest BCUT2D eigenvalue weighted by molar-refractivity contribution is -0.137. The fourth-order valence-electron chi connectivity index (χ4n) is 1.78. The number of esters is 1. The third-order valence-corrected chi connectivity index (χ3v) is 2.94. The number of halogens is 1. The summed E-state index contributed by atoms with van der Waals surface area (Å²) in [5, 5.41) is 0.702. The average molecular weight is 211 g/mol. The Kier molecular flexibility index (Phi) is 2.23. The quantitative estimate of drug-likeness (QED) is 0.666. The van der Waals surface area contributed by atoms with Crippen molar-refractivity contribution in [2.24, 2.45) is 0 Å². The lowest BCUT2D eigenvalue weighted by Gasteiger charge is -2.21. The van der Waals surface area contributed by atoms with Gasteiger partial charge in [0.1, 0.15) is 6.61 Å². The van der Waals surface area contributed by atoms with Gasteiger partial charge in [0.25, 0.3) is 0 Å². The van der Waals surface area contributed by atoms with E-state index in [2.05, 4.69) is 0 Å². The maximum absolute atomic E-state index is 11.1. The topological polar surface area (TPSA) is 26.3 Å². The summed E-state index contributed by atoms with van der Waals surface area (Å²) < 4.78 is 4.98. The molecule has 3 heteroatoms. The minimum atomic E-state index is -0.255. The van der Waals surface area contributed by atoms with Gasteiger partial charge in [-0.15, -0.1) is 0 Å². The average Bonchev–Trinajstić information content (AvgIpc) is 2.48. The minimum Gasteiger partial charge on any atom is -0.465 e. The van der Waals surface area contributed by atoms with Gasteiger partial charge in [0.05, 0.1) is 6.42 Å². The molecule has 0 aromatic heterocycles. The summed E-state index contributed by atoms with van der Waals surface area (Å²) in [5.74, 6) is -0.146. The van der Waals surface area contributed by atoms with E-state index in [0.29, 0.717) is 18.1 Å². The predicted molar refractivity (Wildman–Crippen MR) is 54.4 cm³/mol. The summed E-state index contributed by atoms with van der Waals surface area (Å²) in [6.45, 7) is 2.43. The molecule has 0 saturated carbocycles. The molecule has 1 aromatic carbocycles. The van der Waals surface area contributed by atoms with E-state index in [1.807, 2.05) is 31.2 Å². The fourth-order valence-corrected chi connectivity index (χ4v) is 2.15. The molecular weight excluding hydrogens is 200 g/mol. The van der Waals surface area contributed by atoms with Gasteiger partial charge in [-0.25, -0.2) is 0 Å². The highest BCUT2D eigenvalue weighted by molar-refractivity contribution is 6.31. The summed E-state index contributed by atoms with van der Waals surface area (Å²) in [6, 6.07) is 7.59. The highest BCUT2D eigenvalue weighted by Crippen LogP contribution is 2.36. The summed E-state index contributed by atoms with van der Waals surface area (Å²) >= 11 is 6.07. The molecule has 14 heavy (non-hydrogen) atoms. The maximum atomic E-state index is 11.1. The SMILES string of the molecule is CC1(c2ccccc2Cl)COC(=O)C1. The van der Waals surface area contributed by atoms with E-state index in [4.69, 9.17) is 16.3 Å². The zero-order valence-corrected chi connectivity index (χ0v) is 8.67. The van der Waals surface area contributed by atoms with Crippen LogP contribution in [0.2, 0.25) is 5.02 Å². The van der Waals surface area contributed by atoms with Crippen molar-refractivity contribution in [1.82, 2.24) is 0 Å². The molecule has 0 spiro atoms. The molecule has 74 valence electrons. The lowest BCUT2D eigenvalue weighted by atomic mass is 9.82. The van der Waals surface area contributed by atoms with E-state index in [1.165, 1.54) is 0 Å².